The maximum Gasteiger partial charge on any atom is 0.380 e. The molecule has 12 nitrogen and oxygen atoms in total. The third-order valence-corrected chi connectivity index (χ3v) is 7.64. The Morgan fingerprint density at radius 3 is 2.62 bits per heavy atom. The van der Waals surface area contributed by atoms with E-state index in [1.807, 2.05) is 5.92 Å². The Morgan fingerprint density at radius 2 is 2.00 bits per heavy atom. The zero-order valence-electron chi connectivity index (χ0n) is 21.6. The highest BCUT2D eigenvalue weighted by Gasteiger charge is 2.56. The molecule has 2 heterocycles. The third-order valence-electron chi connectivity index (χ3n) is 5.62. The summed E-state index contributed by atoms with van der Waals surface area (Å²) < 4.78 is 49.7. The number of benzene rings is 1. The predicted molar refractivity (Wildman–Crippen MR) is 137 cm³/mol. The summed E-state index contributed by atoms with van der Waals surface area (Å²) in [6.45, 7) is 3.07. The van der Waals surface area contributed by atoms with E-state index in [1.54, 1.807) is 32.0 Å². The van der Waals surface area contributed by atoms with Crippen LogP contribution in [0.3, 0.4) is 0 Å². The molecule has 212 valence electrons. The van der Waals surface area contributed by atoms with Gasteiger partial charge in [-0.05, 0) is 32.0 Å². The number of aliphatic hydroxyl groups excluding tert-OH is 1. The second-order valence-electron chi connectivity index (χ2n) is 9.16. The number of carbonyl (C=O) groups is 1. The number of ether oxygens (including phenoxy) is 2. The highest BCUT2D eigenvalue weighted by Crippen LogP contribution is 2.51. The molecule has 0 spiro atoms. The molecule has 0 radical (unpaired) electrons. The van der Waals surface area contributed by atoms with Gasteiger partial charge in [-0.3, -0.25) is 13.9 Å². The second-order valence-corrected chi connectivity index (χ2v) is 11.2. The van der Waals surface area contributed by atoms with Gasteiger partial charge in [0.25, 0.3) is 0 Å². The molecule has 1 aromatic heterocycles. The van der Waals surface area contributed by atoms with E-state index in [0.717, 1.165) is 4.57 Å². The van der Waals surface area contributed by atoms with Crippen LogP contribution in [0.4, 0.5) is 10.2 Å². The summed E-state index contributed by atoms with van der Waals surface area (Å²) in [5, 5.41) is 22.1. The number of para-hydroxylation sites is 1. The van der Waals surface area contributed by atoms with Crippen molar-refractivity contribution in [3.8, 4) is 17.6 Å². The minimum Gasteiger partial charge on any atom is -0.463 e. The highest BCUT2D eigenvalue weighted by molar-refractivity contribution is 7.54. The summed E-state index contributed by atoms with van der Waals surface area (Å²) in [6, 6.07) is 9.34. The Balaban J connectivity index is 1.88. The number of halogens is 1. The van der Waals surface area contributed by atoms with Crippen molar-refractivity contribution >= 4 is 19.4 Å². The van der Waals surface area contributed by atoms with E-state index in [-0.39, 0.29) is 17.7 Å². The van der Waals surface area contributed by atoms with E-state index in [0.29, 0.717) is 0 Å². The van der Waals surface area contributed by atoms with Crippen LogP contribution in [0.1, 0.15) is 27.0 Å². The minimum absolute atomic E-state index is 0.0998. The van der Waals surface area contributed by atoms with Crippen molar-refractivity contribution in [1.82, 2.24) is 9.55 Å². The zero-order chi connectivity index (χ0) is 28.8. The van der Waals surface area contributed by atoms with Crippen LogP contribution in [0, 0.1) is 17.8 Å². The molecular weight excluding hydrogens is 536 g/mol. The highest BCUT2D eigenvalue weighted by atomic mass is 31.2. The van der Waals surface area contributed by atoms with Crippen molar-refractivity contribution < 1.29 is 42.5 Å². The molecule has 1 unspecified atom stereocenters. The van der Waals surface area contributed by atoms with Crippen molar-refractivity contribution in [1.29, 1.82) is 0 Å². The molecule has 4 N–H and O–H groups in total. The Morgan fingerprint density at radius 1 is 1.31 bits per heavy atom. The summed E-state index contributed by atoms with van der Waals surface area (Å²) in [6.07, 6.45) is -4.52. The lowest BCUT2D eigenvalue weighted by atomic mass is 9.94. The number of aliphatic hydroxyl groups is 2. The number of hydrogen-bond acceptors (Lipinski definition) is 11. The molecule has 0 saturated carbocycles. The summed E-state index contributed by atoms with van der Waals surface area (Å²) in [5.41, 5.74) is 2.12. The molecule has 1 aromatic carbocycles. The van der Waals surface area contributed by atoms with Crippen molar-refractivity contribution in [2.24, 2.45) is 5.92 Å². The maximum atomic E-state index is 13.8. The van der Waals surface area contributed by atoms with Gasteiger partial charge in [0.2, 0.25) is 0 Å². The van der Waals surface area contributed by atoms with Gasteiger partial charge in [0.15, 0.2) is 11.8 Å². The first-order chi connectivity index (χ1) is 18.4. The third kappa shape index (κ3) is 7.44. The van der Waals surface area contributed by atoms with Gasteiger partial charge in [-0.1, -0.05) is 37.0 Å². The second kappa shape index (κ2) is 12.7. The van der Waals surface area contributed by atoms with Crippen LogP contribution in [0.5, 0.6) is 5.75 Å². The fourth-order valence-electron chi connectivity index (χ4n) is 3.80. The Labute approximate surface area is 224 Å². The van der Waals surface area contributed by atoms with Crippen LogP contribution in [0.25, 0.3) is 0 Å². The van der Waals surface area contributed by atoms with E-state index in [9.17, 15) is 28.8 Å². The standard InChI is InChI=1S/C25H31FN3O9P/c1-16(2)36-22(31)17(3)15-39(34,38-18-8-5-4-6-9-18)35-14-19-21(30)25(33,11-7-12-26)23(37-19)29-13-10-20(27)28-24(29)32/h4-6,8-10,13,16-17,19,21,23,30,33H,12,14-15H2,1-3H3,(H2,27,28,32)/t17-,19-,21+,23-,25?,39+/m1/s1. The van der Waals surface area contributed by atoms with Gasteiger partial charge in [0.05, 0.1) is 24.8 Å². The monoisotopic (exact) mass is 567 g/mol. The first-order valence-corrected chi connectivity index (χ1v) is 13.8. The molecule has 1 fully saturated rings. The van der Waals surface area contributed by atoms with E-state index in [1.165, 1.54) is 31.3 Å². The molecule has 14 heteroatoms. The number of nitrogens with two attached hydrogens (primary N) is 1. The molecule has 0 bridgehead atoms. The number of nitrogen functional groups attached to an aromatic ring is 1. The van der Waals surface area contributed by atoms with E-state index in [2.05, 4.69) is 10.9 Å². The summed E-state index contributed by atoms with van der Waals surface area (Å²) in [4.78, 5) is 28.4. The smallest absolute Gasteiger partial charge is 0.380 e. The maximum absolute atomic E-state index is 13.8. The first-order valence-electron chi connectivity index (χ1n) is 12.0. The number of nitrogens with zero attached hydrogens (tertiary/aromatic N) is 2. The molecular formula is C25H31FN3O9P. The van der Waals surface area contributed by atoms with Crippen molar-refractivity contribution in [2.75, 3.05) is 25.2 Å². The number of hydrogen-bond donors (Lipinski definition) is 3. The molecule has 39 heavy (non-hydrogen) atoms. The van der Waals surface area contributed by atoms with Crippen LogP contribution in [0.2, 0.25) is 0 Å². The molecule has 3 rings (SSSR count). The van der Waals surface area contributed by atoms with Gasteiger partial charge in [-0.25, -0.2) is 13.8 Å². The van der Waals surface area contributed by atoms with E-state index in [4.69, 9.17) is 24.3 Å². The van der Waals surface area contributed by atoms with E-state index >= 15 is 0 Å². The Kier molecular flexibility index (Phi) is 9.88. The van der Waals surface area contributed by atoms with Crippen LogP contribution in [0.15, 0.2) is 47.4 Å². The van der Waals surface area contributed by atoms with Gasteiger partial charge < -0.3 is 29.9 Å². The van der Waals surface area contributed by atoms with Crippen molar-refractivity contribution in [3.05, 3.63) is 53.1 Å². The number of carbonyl (C=O) groups excluding carboxylic acids is 1. The fourth-order valence-corrected chi connectivity index (χ4v) is 5.67. The van der Waals surface area contributed by atoms with Gasteiger partial charge in [0.1, 0.15) is 30.4 Å². The predicted octanol–water partition coefficient (Wildman–Crippen LogP) is 1.66. The summed E-state index contributed by atoms with van der Waals surface area (Å²) in [5.74, 6) is 2.82. The number of anilines is 1. The number of esters is 1. The number of aromatic nitrogens is 2. The quantitative estimate of drug-likeness (QED) is 0.217. The van der Waals surface area contributed by atoms with Gasteiger partial charge in [0, 0.05) is 6.20 Å². The number of rotatable bonds is 10. The van der Waals surface area contributed by atoms with Crippen LogP contribution >= 0.6 is 7.60 Å². The van der Waals surface area contributed by atoms with Crippen LogP contribution in [-0.2, 0) is 23.4 Å². The van der Waals surface area contributed by atoms with E-state index < -0.39 is 68.6 Å². The lowest BCUT2D eigenvalue weighted by Crippen LogP contribution is -2.48. The minimum atomic E-state index is -4.11. The lowest BCUT2D eigenvalue weighted by molar-refractivity contribution is -0.151. The average molecular weight is 568 g/mol. The molecule has 0 amide bonds. The molecule has 0 aliphatic carbocycles. The first kappa shape index (κ1) is 30.3. The average Bonchev–Trinajstić information content (AvgIpc) is 3.11. The van der Waals surface area contributed by atoms with Crippen LogP contribution in [-0.4, -0.2) is 69.1 Å². The zero-order valence-corrected chi connectivity index (χ0v) is 22.5. The van der Waals surface area contributed by atoms with Crippen molar-refractivity contribution in [2.45, 2.75) is 50.9 Å². The molecule has 6 atom stereocenters. The summed E-state index contributed by atoms with van der Waals surface area (Å²) >= 11 is 0. The SMILES string of the molecule is CC(C)OC(=O)[C@H](C)C[P@](=O)(OC[C@H]1O[C@@H](n2ccc(N)nc2=O)C(O)(C#CCF)[C@H]1O)Oc1ccccc1. The van der Waals surface area contributed by atoms with Gasteiger partial charge in [-0.2, -0.15) is 4.98 Å². The Hall–Kier alpha value is -3.27. The molecule has 1 aliphatic heterocycles. The molecule has 2 aromatic rings. The topological polar surface area (TPSA) is 172 Å². The van der Waals surface area contributed by atoms with Crippen LogP contribution < -0.4 is 15.9 Å². The van der Waals surface area contributed by atoms with Crippen molar-refractivity contribution in [3.63, 3.8) is 0 Å². The normalized spacial score (nSPS) is 24.8. The molecule has 1 aliphatic rings. The number of alkyl halides is 1. The van der Waals surface area contributed by atoms with Gasteiger partial charge >= 0.3 is 19.3 Å². The fraction of sp³-hybridized carbons (Fsp3) is 0.480. The molecule has 1 saturated heterocycles. The summed E-state index contributed by atoms with van der Waals surface area (Å²) in [7, 11) is -4.11. The lowest BCUT2D eigenvalue weighted by Gasteiger charge is -2.26. The van der Waals surface area contributed by atoms with Gasteiger partial charge in [-0.15, -0.1) is 0 Å². The largest absolute Gasteiger partial charge is 0.463 e. The Bertz CT molecular complexity index is 1310.